The summed E-state index contributed by atoms with van der Waals surface area (Å²) in [6.07, 6.45) is 0. The van der Waals surface area contributed by atoms with Gasteiger partial charge in [-0.05, 0) is 30.3 Å². The topological polar surface area (TPSA) is 64.4 Å². The summed E-state index contributed by atoms with van der Waals surface area (Å²) in [6, 6.07) is 14.5. The van der Waals surface area contributed by atoms with Gasteiger partial charge in [0.05, 0.1) is 24.1 Å². The van der Waals surface area contributed by atoms with Gasteiger partial charge in [0.25, 0.3) is 0 Å². The van der Waals surface area contributed by atoms with Crippen LogP contribution in [0.1, 0.15) is 0 Å². The number of aromatic nitrogens is 1. The summed E-state index contributed by atoms with van der Waals surface area (Å²) in [5.41, 5.74) is 1.81. The van der Waals surface area contributed by atoms with E-state index in [4.69, 9.17) is 20.8 Å². The Kier molecular flexibility index (Phi) is 4.36. The van der Waals surface area contributed by atoms with E-state index in [0.717, 1.165) is 5.39 Å². The maximum absolute atomic E-state index is 12.3. The number of hydrogen-bond acceptors (Lipinski definition) is 6. The molecule has 0 saturated carbocycles. The Labute approximate surface area is 157 Å². The molecule has 2 aromatic carbocycles. The van der Waals surface area contributed by atoms with Gasteiger partial charge in [-0.3, -0.25) is 0 Å². The second kappa shape index (κ2) is 6.82. The maximum Gasteiger partial charge on any atom is 0.345 e. The largest absolute Gasteiger partial charge is 0.495 e. The van der Waals surface area contributed by atoms with Crippen LogP contribution in [-0.2, 0) is 0 Å². The van der Waals surface area contributed by atoms with Gasteiger partial charge in [-0.2, -0.15) is 0 Å². The number of hydrogen-bond donors (Lipinski definition) is 1. The second-order valence-electron chi connectivity index (χ2n) is 5.49. The lowest BCUT2D eigenvalue weighted by atomic mass is 10.1. The van der Waals surface area contributed by atoms with Crippen LogP contribution in [0, 0.1) is 0 Å². The molecule has 0 aliphatic carbocycles. The monoisotopic (exact) mass is 384 g/mol. The normalized spacial score (nSPS) is 10.8. The zero-order valence-corrected chi connectivity index (χ0v) is 15.2. The van der Waals surface area contributed by atoms with Crippen molar-refractivity contribution in [2.45, 2.75) is 0 Å². The Morgan fingerprint density at radius 1 is 1.19 bits per heavy atom. The van der Waals surface area contributed by atoms with Gasteiger partial charge in [-0.25, -0.2) is 9.78 Å². The summed E-state index contributed by atoms with van der Waals surface area (Å²) in [5, 5.41) is 7.03. The summed E-state index contributed by atoms with van der Waals surface area (Å²) < 4.78 is 10.7. The lowest BCUT2D eigenvalue weighted by Crippen LogP contribution is -2.03. The van der Waals surface area contributed by atoms with Crippen molar-refractivity contribution >= 4 is 44.7 Å². The molecule has 2 heterocycles. The fourth-order valence-electron chi connectivity index (χ4n) is 2.59. The van der Waals surface area contributed by atoms with Gasteiger partial charge >= 0.3 is 5.63 Å². The fraction of sp³-hybridized carbons (Fsp3) is 0.0526. The predicted molar refractivity (Wildman–Crippen MR) is 105 cm³/mol. The van der Waals surface area contributed by atoms with Gasteiger partial charge < -0.3 is 14.5 Å². The quantitative estimate of drug-likeness (QED) is 0.482. The first-order valence-electron chi connectivity index (χ1n) is 7.73. The van der Waals surface area contributed by atoms with Crippen LogP contribution in [0.3, 0.4) is 0 Å². The second-order valence-corrected chi connectivity index (χ2v) is 6.79. The SMILES string of the molecule is COc1ccc(Cl)cc1Nc1nc(-c2cc3ccccc3oc2=O)cs1. The smallest absolute Gasteiger partial charge is 0.345 e. The molecule has 7 heteroatoms. The number of anilines is 2. The summed E-state index contributed by atoms with van der Waals surface area (Å²) >= 11 is 7.43. The number of ether oxygens (including phenoxy) is 1. The van der Waals surface area contributed by atoms with Crippen LogP contribution in [0.25, 0.3) is 22.2 Å². The van der Waals surface area contributed by atoms with Crippen LogP contribution < -0.4 is 15.7 Å². The Balaban J connectivity index is 1.70. The van der Waals surface area contributed by atoms with Crippen LogP contribution >= 0.6 is 22.9 Å². The molecule has 0 atom stereocenters. The number of thiazole rings is 1. The molecule has 0 radical (unpaired) electrons. The molecule has 0 aliphatic rings. The van der Waals surface area contributed by atoms with Gasteiger partial charge in [-0.15, -0.1) is 11.3 Å². The van der Waals surface area contributed by atoms with E-state index in [9.17, 15) is 4.79 Å². The molecule has 0 aliphatic heterocycles. The third-order valence-electron chi connectivity index (χ3n) is 3.82. The number of nitrogens with zero attached hydrogens (tertiary/aromatic N) is 1. The zero-order chi connectivity index (χ0) is 18.1. The van der Waals surface area contributed by atoms with Crippen molar-refractivity contribution in [3.05, 3.63) is 69.4 Å². The number of fused-ring (bicyclic) bond motifs is 1. The lowest BCUT2D eigenvalue weighted by Gasteiger charge is -2.09. The molecule has 130 valence electrons. The van der Waals surface area contributed by atoms with E-state index in [0.29, 0.717) is 38.4 Å². The highest BCUT2D eigenvalue weighted by molar-refractivity contribution is 7.14. The fourth-order valence-corrected chi connectivity index (χ4v) is 3.48. The highest BCUT2D eigenvalue weighted by Gasteiger charge is 2.13. The van der Waals surface area contributed by atoms with Crippen LogP contribution in [0.15, 0.2) is 63.1 Å². The molecule has 4 aromatic rings. The molecule has 0 saturated heterocycles. The van der Waals surface area contributed by atoms with Gasteiger partial charge in [-0.1, -0.05) is 29.8 Å². The van der Waals surface area contributed by atoms with Gasteiger partial charge in [0.2, 0.25) is 0 Å². The Morgan fingerprint density at radius 3 is 2.88 bits per heavy atom. The number of para-hydroxylation sites is 1. The van der Waals surface area contributed by atoms with Crippen LogP contribution in [-0.4, -0.2) is 12.1 Å². The molecule has 0 amide bonds. The van der Waals surface area contributed by atoms with Crippen molar-refractivity contribution in [1.82, 2.24) is 4.98 Å². The number of nitrogens with one attached hydrogen (secondary N) is 1. The predicted octanol–water partition coefficient (Wildman–Crippen LogP) is 5.32. The zero-order valence-electron chi connectivity index (χ0n) is 13.7. The molecule has 0 fully saturated rings. The van der Waals surface area contributed by atoms with Crippen molar-refractivity contribution in [2.75, 3.05) is 12.4 Å². The Morgan fingerprint density at radius 2 is 2.04 bits per heavy atom. The minimum atomic E-state index is -0.416. The Bertz CT molecular complexity index is 1150. The van der Waals surface area contributed by atoms with Crippen molar-refractivity contribution in [1.29, 1.82) is 0 Å². The van der Waals surface area contributed by atoms with Gasteiger partial charge in [0.15, 0.2) is 5.13 Å². The van der Waals surface area contributed by atoms with E-state index in [2.05, 4.69) is 10.3 Å². The standard InChI is InChI=1S/C19H13ClN2O3S/c1-24-17-7-6-12(20)9-14(17)21-19-22-15(10-26-19)13-8-11-4-2-3-5-16(11)25-18(13)23/h2-10H,1H3,(H,21,22). The summed E-state index contributed by atoms with van der Waals surface area (Å²) in [7, 11) is 1.59. The molecule has 1 N–H and O–H groups in total. The van der Waals surface area contributed by atoms with E-state index < -0.39 is 5.63 Å². The minimum Gasteiger partial charge on any atom is -0.495 e. The van der Waals surface area contributed by atoms with Crippen LogP contribution in [0.4, 0.5) is 10.8 Å². The molecule has 2 aromatic heterocycles. The number of benzene rings is 2. The molecule has 5 nitrogen and oxygen atoms in total. The van der Waals surface area contributed by atoms with Crippen molar-refractivity contribution in [2.24, 2.45) is 0 Å². The molecule has 0 unspecified atom stereocenters. The van der Waals surface area contributed by atoms with E-state index in [1.165, 1.54) is 11.3 Å². The van der Waals surface area contributed by atoms with E-state index >= 15 is 0 Å². The highest BCUT2D eigenvalue weighted by Crippen LogP contribution is 2.33. The third-order valence-corrected chi connectivity index (χ3v) is 4.82. The third kappa shape index (κ3) is 3.16. The molecule has 26 heavy (non-hydrogen) atoms. The molecular weight excluding hydrogens is 372 g/mol. The molecule has 0 spiro atoms. The average molecular weight is 385 g/mol. The van der Waals surface area contributed by atoms with Crippen molar-refractivity contribution in [3.63, 3.8) is 0 Å². The Hall–Kier alpha value is -2.83. The number of methoxy groups -OCH3 is 1. The maximum atomic E-state index is 12.3. The summed E-state index contributed by atoms with van der Waals surface area (Å²) in [5.74, 6) is 0.649. The van der Waals surface area contributed by atoms with E-state index in [1.54, 1.807) is 42.8 Å². The highest BCUT2D eigenvalue weighted by atomic mass is 35.5. The molecule has 0 bridgehead atoms. The summed E-state index contributed by atoms with van der Waals surface area (Å²) in [6.45, 7) is 0. The van der Waals surface area contributed by atoms with Crippen molar-refractivity contribution < 1.29 is 9.15 Å². The molecular formula is C19H13ClN2O3S. The first kappa shape index (κ1) is 16.6. The lowest BCUT2D eigenvalue weighted by molar-refractivity contribution is 0.417. The number of halogens is 1. The van der Waals surface area contributed by atoms with Gasteiger partial charge in [0.1, 0.15) is 11.3 Å². The van der Waals surface area contributed by atoms with E-state index in [1.807, 2.05) is 18.2 Å². The summed E-state index contributed by atoms with van der Waals surface area (Å²) in [4.78, 5) is 16.8. The van der Waals surface area contributed by atoms with Crippen molar-refractivity contribution in [3.8, 4) is 17.0 Å². The average Bonchev–Trinajstić information content (AvgIpc) is 3.09. The van der Waals surface area contributed by atoms with Gasteiger partial charge in [0, 0.05) is 15.8 Å². The first-order chi connectivity index (χ1) is 12.6. The minimum absolute atomic E-state index is 0.416. The molecule has 4 rings (SSSR count). The van der Waals surface area contributed by atoms with E-state index in [-0.39, 0.29) is 0 Å². The van der Waals surface area contributed by atoms with Crippen LogP contribution in [0.2, 0.25) is 5.02 Å². The van der Waals surface area contributed by atoms with Crippen LogP contribution in [0.5, 0.6) is 5.75 Å². The first-order valence-corrected chi connectivity index (χ1v) is 8.99. The number of rotatable bonds is 4.